The molecule has 0 aliphatic rings. The van der Waals surface area contributed by atoms with Crippen molar-refractivity contribution >= 4 is 17.7 Å². The molecule has 0 aliphatic heterocycles. The lowest BCUT2D eigenvalue weighted by atomic mass is 10.2. The number of hydrogen-bond acceptors (Lipinski definition) is 3. The Balaban J connectivity index is 2.60. The number of thioether (sulfide) groups is 1. The highest BCUT2D eigenvalue weighted by molar-refractivity contribution is 8.00. The highest BCUT2D eigenvalue weighted by Gasteiger charge is 2.38. The highest BCUT2D eigenvalue weighted by Crippen LogP contribution is 2.36. The Bertz CT molecular complexity index is 485. The molecule has 1 aromatic rings. The number of hydrogen-bond donors (Lipinski definition) is 2. The molecule has 1 rings (SSSR count). The van der Waals surface area contributed by atoms with Crippen molar-refractivity contribution in [1.29, 1.82) is 0 Å². The number of halogens is 6. The first-order valence-electron chi connectivity index (χ1n) is 5.38. The molecule has 0 saturated heterocycles. The third-order valence-electron chi connectivity index (χ3n) is 2.18. The second-order valence-corrected chi connectivity index (χ2v) is 4.98. The highest BCUT2D eigenvalue weighted by atomic mass is 32.2. The lowest BCUT2D eigenvalue weighted by Crippen LogP contribution is -2.40. The standard InChI is InChI=1S/C11H9F6NO2S/c12-10(13,14)8(19)5-18-9(20)6-1-3-7(4-2-6)21-11(15,16)17/h1-4,8,19H,5H2,(H,18,20). The van der Waals surface area contributed by atoms with Gasteiger partial charge in [-0.05, 0) is 36.0 Å². The average molecular weight is 333 g/mol. The van der Waals surface area contributed by atoms with Crippen LogP contribution < -0.4 is 5.32 Å². The molecule has 0 saturated carbocycles. The minimum atomic E-state index is -4.86. The maximum absolute atomic E-state index is 12.1. The SMILES string of the molecule is O=C(NCC(O)C(F)(F)F)c1ccc(SC(F)(F)F)cc1. The van der Waals surface area contributed by atoms with E-state index in [0.717, 1.165) is 24.3 Å². The molecule has 0 bridgehead atoms. The average Bonchev–Trinajstić information content (AvgIpc) is 2.33. The van der Waals surface area contributed by atoms with Crippen LogP contribution in [0.1, 0.15) is 10.4 Å². The third-order valence-corrected chi connectivity index (χ3v) is 2.92. The molecule has 21 heavy (non-hydrogen) atoms. The van der Waals surface area contributed by atoms with E-state index >= 15 is 0 Å². The summed E-state index contributed by atoms with van der Waals surface area (Å²) in [6.07, 6.45) is -7.57. The van der Waals surface area contributed by atoms with Crippen LogP contribution in [0, 0.1) is 0 Å². The molecule has 1 atom stereocenters. The zero-order valence-electron chi connectivity index (χ0n) is 10.1. The molecule has 10 heteroatoms. The van der Waals surface area contributed by atoms with E-state index in [2.05, 4.69) is 0 Å². The number of benzene rings is 1. The first kappa shape index (κ1) is 17.6. The van der Waals surface area contributed by atoms with Crippen LogP contribution >= 0.6 is 11.8 Å². The van der Waals surface area contributed by atoms with Gasteiger partial charge in [-0.25, -0.2) is 0 Å². The number of aliphatic hydroxyl groups is 1. The number of nitrogens with one attached hydrogen (secondary N) is 1. The van der Waals surface area contributed by atoms with Crippen LogP contribution in [0.25, 0.3) is 0 Å². The van der Waals surface area contributed by atoms with Crippen LogP contribution in [0.4, 0.5) is 26.3 Å². The number of carbonyl (C=O) groups excluding carboxylic acids is 1. The Morgan fingerprint density at radius 2 is 1.67 bits per heavy atom. The summed E-state index contributed by atoms with van der Waals surface area (Å²) in [6, 6.07) is 4.13. The minimum Gasteiger partial charge on any atom is -0.382 e. The number of rotatable bonds is 4. The van der Waals surface area contributed by atoms with Crippen molar-refractivity contribution in [2.45, 2.75) is 22.7 Å². The number of alkyl halides is 6. The summed E-state index contributed by atoms with van der Waals surface area (Å²) in [4.78, 5) is 11.3. The zero-order chi connectivity index (χ0) is 16.3. The lowest BCUT2D eigenvalue weighted by Gasteiger charge is -2.15. The molecule has 0 aliphatic carbocycles. The van der Waals surface area contributed by atoms with Gasteiger partial charge in [-0.1, -0.05) is 0 Å². The van der Waals surface area contributed by atoms with Gasteiger partial charge in [0.25, 0.3) is 5.91 Å². The Hall–Kier alpha value is -1.42. The zero-order valence-corrected chi connectivity index (χ0v) is 10.9. The van der Waals surface area contributed by atoms with Crippen molar-refractivity contribution in [2.75, 3.05) is 6.54 Å². The van der Waals surface area contributed by atoms with Gasteiger partial charge in [0.2, 0.25) is 0 Å². The topological polar surface area (TPSA) is 49.3 Å². The fraction of sp³-hybridized carbons (Fsp3) is 0.364. The van der Waals surface area contributed by atoms with Gasteiger partial charge in [0, 0.05) is 10.5 Å². The van der Waals surface area contributed by atoms with E-state index in [-0.39, 0.29) is 22.2 Å². The van der Waals surface area contributed by atoms with E-state index in [4.69, 9.17) is 5.11 Å². The smallest absolute Gasteiger partial charge is 0.382 e. The monoisotopic (exact) mass is 333 g/mol. The lowest BCUT2D eigenvalue weighted by molar-refractivity contribution is -0.201. The molecule has 1 amide bonds. The molecule has 2 N–H and O–H groups in total. The first-order chi connectivity index (χ1) is 9.49. The molecular weight excluding hydrogens is 324 g/mol. The van der Waals surface area contributed by atoms with Gasteiger partial charge < -0.3 is 10.4 Å². The van der Waals surface area contributed by atoms with Gasteiger partial charge in [0.05, 0.1) is 6.54 Å². The Morgan fingerprint density at radius 1 is 1.14 bits per heavy atom. The van der Waals surface area contributed by atoms with E-state index < -0.39 is 30.2 Å². The summed E-state index contributed by atoms with van der Waals surface area (Å²) in [6.45, 7) is -1.04. The summed E-state index contributed by atoms with van der Waals surface area (Å²) in [5, 5.41) is 10.5. The van der Waals surface area contributed by atoms with Crippen molar-refractivity contribution in [1.82, 2.24) is 5.32 Å². The molecule has 0 heterocycles. The summed E-state index contributed by atoms with van der Waals surface area (Å²) in [7, 11) is 0. The predicted octanol–water partition coefficient (Wildman–Crippen LogP) is 2.95. The van der Waals surface area contributed by atoms with Crippen molar-refractivity contribution in [3.8, 4) is 0 Å². The van der Waals surface area contributed by atoms with Crippen LogP contribution in [-0.4, -0.2) is 35.3 Å². The van der Waals surface area contributed by atoms with Gasteiger partial charge in [0.15, 0.2) is 6.10 Å². The molecule has 0 radical (unpaired) electrons. The normalized spacial score (nSPS) is 13.9. The van der Waals surface area contributed by atoms with Gasteiger partial charge in [-0.15, -0.1) is 0 Å². The molecule has 1 unspecified atom stereocenters. The number of carbonyl (C=O) groups is 1. The molecule has 0 spiro atoms. The second-order valence-electron chi connectivity index (χ2n) is 3.84. The number of amides is 1. The minimum absolute atomic E-state index is 0.115. The van der Waals surface area contributed by atoms with Crippen LogP contribution in [0.2, 0.25) is 0 Å². The summed E-state index contributed by atoms with van der Waals surface area (Å²) < 4.78 is 72.2. The van der Waals surface area contributed by atoms with E-state index in [1.807, 2.05) is 5.32 Å². The van der Waals surface area contributed by atoms with E-state index in [9.17, 15) is 31.1 Å². The molecule has 0 fully saturated rings. The maximum atomic E-state index is 12.1. The Morgan fingerprint density at radius 3 is 2.10 bits per heavy atom. The second kappa shape index (κ2) is 6.56. The molecule has 1 aromatic carbocycles. The van der Waals surface area contributed by atoms with Gasteiger partial charge in [0.1, 0.15) is 0 Å². The fourth-order valence-corrected chi connectivity index (χ4v) is 1.75. The summed E-state index contributed by atoms with van der Waals surface area (Å²) in [5.74, 6) is -0.929. The van der Waals surface area contributed by atoms with Gasteiger partial charge in [-0.3, -0.25) is 4.79 Å². The first-order valence-corrected chi connectivity index (χ1v) is 6.19. The maximum Gasteiger partial charge on any atom is 0.446 e. The van der Waals surface area contributed by atoms with Crippen molar-refractivity contribution in [3.63, 3.8) is 0 Å². The van der Waals surface area contributed by atoms with Gasteiger partial charge >= 0.3 is 11.7 Å². The van der Waals surface area contributed by atoms with Crippen molar-refractivity contribution < 1.29 is 36.2 Å². The van der Waals surface area contributed by atoms with Crippen molar-refractivity contribution in [3.05, 3.63) is 29.8 Å². The summed E-state index contributed by atoms with van der Waals surface area (Å²) in [5.41, 5.74) is -4.59. The molecule has 3 nitrogen and oxygen atoms in total. The molecular formula is C11H9F6NO2S. The van der Waals surface area contributed by atoms with Crippen LogP contribution in [0.15, 0.2) is 29.2 Å². The van der Waals surface area contributed by atoms with E-state index in [1.165, 1.54) is 0 Å². The Kier molecular flexibility index (Phi) is 5.51. The summed E-state index contributed by atoms with van der Waals surface area (Å²) >= 11 is -0.378. The van der Waals surface area contributed by atoms with E-state index in [1.54, 1.807) is 0 Å². The number of aliphatic hydroxyl groups excluding tert-OH is 1. The Labute approximate surface area is 119 Å². The molecule has 118 valence electrons. The largest absolute Gasteiger partial charge is 0.446 e. The van der Waals surface area contributed by atoms with Gasteiger partial charge in [-0.2, -0.15) is 26.3 Å². The predicted molar refractivity (Wildman–Crippen MR) is 62.7 cm³/mol. The fourth-order valence-electron chi connectivity index (χ4n) is 1.22. The van der Waals surface area contributed by atoms with Crippen molar-refractivity contribution in [2.24, 2.45) is 0 Å². The molecule has 0 aromatic heterocycles. The third kappa shape index (κ3) is 6.25. The van der Waals surface area contributed by atoms with Crippen LogP contribution in [0.5, 0.6) is 0 Å². The van der Waals surface area contributed by atoms with Crippen LogP contribution in [0.3, 0.4) is 0 Å². The van der Waals surface area contributed by atoms with E-state index in [0.29, 0.717) is 0 Å². The quantitative estimate of drug-likeness (QED) is 0.658. The van der Waals surface area contributed by atoms with Crippen LogP contribution in [-0.2, 0) is 0 Å².